The maximum absolute atomic E-state index is 13.3. The summed E-state index contributed by atoms with van der Waals surface area (Å²) in [5, 5.41) is 3.11. The number of nitrogens with two attached hydrogens (primary N) is 1. The van der Waals surface area contributed by atoms with Crippen molar-refractivity contribution >= 4 is 5.82 Å². The van der Waals surface area contributed by atoms with Gasteiger partial charge < -0.3 is 11.1 Å². The normalized spacial score (nSPS) is 14.7. The van der Waals surface area contributed by atoms with Crippen LogP contribution in [0.1, 0.15) is 26.7 Å². The minimum Gasteiger partial charge on any atom is -0.362 e. The number of nitrogens with zero attached hydrogens (tertiary/aromatic N) is 1. The summed E-state index contributed by atoms with van der Waals surface area (Å²) in [6, 6.07) is 2.97. The fraction of sp³-hybridized carbons (Fsp3) is 0.545. The third kappa shape index (κ3) is 3.16. The van der Waals surface area contributed by atoms with Gasteiger partial charge in [-0.3, -0.25) is 0 Å². The summed E-state index contributed by atoms with van der Waals surface area (Å²) >= 11 is 0. The van der Waals surface area contributed by atoms with Crippen LogP contribution in [0.3, 0.4) is 0 Å². The van der Waals surface area contributed by atoms with Crippen LogP contribution in [-0.2, 0) is 0 Å². The monoisotopic (exact) mass is 211 g/mol. The molecule has 0 fully saturated rings. The average Bonchev–Trinajstić information content (AvgIpc) is 2.22. The van der Waals surface area contributed by atoms with Gasteiger partial charge in [-0.05, 0) is 38.4 Å². The molecule has 0 bridgehead atoms. The molecule has 0 aliphatic heterocycles. The van der Waals surface area contributed by atoms with Crippen molar-refractivity contribution in [1.82, 2.24) is 4.98 Å². The summed E-state index contributed by atoms with van der Waals surface area (Å²) in [7, 11) is 0. The highest BCUT2D eigenvalue weighted by Gasteiger charge is 2.22. The van der Waals surface area contributed by atoms with Gasteiger partial charge in [0.1, 0.15) is 0 Å². The standard InChI is InChI=1S/C11H18FN3/c1-3-11(2,6-7-13)15-10-9(12)5-4-8-14-10/h4-5,8H,3,6-7,13H2,1-2H3,(H,14,15). The molecular weight excluding hydrogens is 193 g/mol. The summed E-state index contributed by atoms with van der Waals surface area (Å²) in [4.78, 5) is 3.97. The van der Waals surface area contributed by atoms with E-state index in [1.807, 2.05) is 13.8 Å². The molecule has 3 nitrogen and oxygen atoms in total. The van der Waals surface area contributed by atoms with Crippen LogP contribution in [0, 0.1) is 5.82 Å². The molecule has 84 valence electrons. The molecule has 1 unspecified atom stereocenters. The van der Waals surface area contributed by atoms with Gasteiger partial charge in [0, 0.05) is 11.7 Å². The minimum absolute atomic E-state index is 0.191. The second-order valence-electron chi connectivity index (χ2n) is 3.91. The molecule has 0 aliphatic carbocycles. The Kier molecular flexibility index (Phi) is 4.03. The van der Waals surface area contributed by atoms with Gasteiger partial charge in [-0.1, -0.05) is 6.92 Å². The van der Waals surface area contributed by atoms with E-state index in [0.717, 1.165) is 12.8 Å². The van der Waals surface area contributed by atoms with Gasteiger partial charge in [-0.15, -0.1) is 0 Å². The third-order valence-electron chi connectivity index (χ3n) is 2.66. The molecule has 0 aromatic carbocycles. The summed E-state index contributed by atoms with van der Waals surface area (Å²) in [5.41, 5.74) is 5.34. The zero-order chi connectivity index (χ0) is 11.3. The first-order valence-electron chi connectivity index (χ1n) is 5.20. The average molecular weight is 211 g/mol. The van der Waals surface area contributed by atoms with Gasteiger partial charge in [-0.2, -0.15) is 0 Å². The molecule has 1 rings (SSSR count). The van der Waals surface area contributed by atoms with E-state index in [1.165, 1.54) is 6.07 Å². The molecule has 1 heterocycles. The van der Waals surface area contributed by atoms with E-state index in [4.69, 9.17) is 5.73 Å². The van der Waals surface area contributed by atoms with Crippen LogP contribution in [-0.4, -0.2) is 17.1 Å². The highest BCUT2D eigenvalue weighted by molar-refractivity contribution is 5.38. The van der Waals surface area contributed by atoms with E-state index in [1.54, 1.807) is 12.3 Å². The lowest BCUT2D eigenvalue weighted by Crippen LogP contribution is -2.37. The Morgan fingerprint density at radius 3 is 2.87 bits per heavy atom. The first-order chi connectivity index (χ1) is 7.11. The number of halogens is 1. The summed E-state index contributed by atoms with van der Waals surface area (Å²) in [6.07, 6.45) is 3.24. The molecule has 1 aromatic rings. The summed E-state index contributed by atoms with van der Waals surface area (Å²) < 4.78 is 13.3. The lowest BCUT2D eigenvalue weighted by molar-refractivity contribution is 0.457. The molecule has 0 amide bonds. The quantitative estimate of drug-likeness (QED) is 0.784. The first kappa shape index (κ1) is 11.9. The highest BCUT2D eigenvalue weighted by Crippen LogP contribution is 2.21. The second kappa shape index (κ2) is 5.07. The third-order valence-corrected chi connectivity index (χ3v) is 2.66. The predicted octanol–water partition coefficient (Wildman–Crippen LogP) is 2.15. The van der Waals surface area contributed by atoms with Gasteiger partial charge in [0.15, 0.2) is 11.6 Å². The van der Waals surface area contributed by atoms with Crippen LogP contribution in [0.4, 0.5) is 10.2 Å². The van der Waals surface area contributed by atoms with Gasteiger partial charge in [0.25, 0.3) is 0 Å². The van der Waals surface area contributed by atoms with Crippen LogP contribution < -0.4 is 11.1 Å². The lowest BCUT2D eigenvalue weighted by atomic mass is 9.94. The Morgan fingerprint density at radius 2 is 2.33 bits per heavy atom. The molecule has 0 saturated heterocycles. The van der Waals surface area contributed by atoms with Crippen molar-refractivity contribution in [3.63, 3.8) is 0 Å². The van der Waals surface area contributed by atoms with Crippen LogP contribution in [0.2, 0.25) is 0 Å². The van der Waals surface area contributed by atoms with Crippen molar-refractivity contribution in [2.24, 2.45) is 5.73 Å². The van der Waals surface area contributed by atoms with Crippen LogP contribution >= 0.6 is 0 Å². The number of nitrogens with one attached hydrogen (secondary N) is 1. The zero-order valence-corrected chi connectivity index (χ0v) is 9.26. The number of hydrogen-bond donors (Lipinski definition) is 2. The minimum atomic E-state index is -0.325. The molecule has 3 N–H and O–H groups in total. The number of hydrogen-bond acceptors (Lipinski definition) is 3. The van der Waals surface area contributed by atoms with Crippen LogP contribution in [0.15, 0.2) is 18.3 Å². The fourth-order valence-electron chi connectivity index (χ4n) is 1.41. The molecule has 0 aliphatic rings. The number of pyridine rings is 1. The SMILES string of the molecule is CCC(C)(CCN)Nc1ncccc1F. The van der Waals surface area contributed by atoms with Gasteiger partial charge in [0.2, 0.25) is 0 Å². The van der Waals surface area contributed by atoms with Gasteiger partial charge >= 0.3 is 0 Å². The summed E-state index contributed by atoms with van der Waals surface area (Å²) in [6.45, 7) is 4.64. The van der Waals surface area contributed by atoms with Crippen molar-refractivity contribution < 1.29 is 4.39 Å². The summed E-state index contributed by atoms with van der Waals surface area (Å²) in [5.74, 6) is -0.0236. The van der Waals surface area contributed by atoms with Gasteiger partial charge in [-0.25, -0.2) is 9.37 Å². The molecule has 1 aromatic heterocycles. The van der Waals surface area contributed by atoms with Crippen molar-refractivity contribution in [1.29, 1.82) is 0 Å². The lowest BCUT2D eigenvalue weighted by Gasteiger charge is -2.29. The maximum Gasteiger partial charge on any atom is 0.165 e. The smallest absolute Gasteiger partial charge is 0.165 e. The first-order valence-corrected chi connectivity index (χ1v) is 5.20. The van der Waals surface area contributed by atoms with E-state index in [0.29, 0.717) is 12.4 Å². The number of rotatable bonds is 5. The second-order valence-corrected chi connectivity index (χ2v) is 3.91. The van der Waals surface area contributed by atoms with E-state index >= 15 is 0 Å². The van der Waals surface area contributed by atoms with E-state index < -0.39 is 0 Å². The van der Waals surface area contributed by atoms with Crippen molar-refractivity contribution in [2.75, 3.05) is 11.9 Å². The number of anilines is 1. The Labute approximate surface area is 89.9 Å². The largest absolute Gasteiger partial charge is 0.362 e. The Morgan fingerprint density at radius 1 is 1.60 bits per heavy atom. The Bertz CT molecular complexity index is 316. The predicted molar refractivity (Wildman–Crippen MR) is 60.2 cm³/mol. The molecule has 1 atom stereocenters. The highest BCUT2D eigenvalue weighted by atomic mass is 19.1. The van der Waals surface area contributed by atoms with E-state index in [2.05, 4.69) is 10.3 Å². The topological polar surface area (TPSA) is 50.9 Å². The molecular formula is C11H18FN3. The Balaban J connectivity index is 2.79. The van der Waals surface area contributed by atoms with Gasteiger partial charge in [0.05, 0.1) is 0 Å². The fourth-order valence-corrected chi connectivity index (χ4v) is 1.41. The van der Waals surface area contributed by atoms with Crippen molar-refractivity contribution in [3.05, 3.63) is 24.1 Å². The zero-order valence-electron chi connectivity index (χ0n) is 9.26. The molecule has 4 heteroatoms. The Hall–Kier alpha value is -1.16. The van der Waals surface area contributed by atoms with Crippen LogP contribution in [0.25, 0.3) is 0 Å². The number of aromatic nitrogens is 1. The van der Waals surface area contributed by atoms with Crippen molar-refractivity contribution in [2.45, 2.75) is 32.2 Å². The van der Waals surface area contributed by atoms with E-state index in [-0.39, 0.29) is 11.4 Å². The molecule has 0 saturated carbocycles. The maximum atomic E-state index is 13.3. The van der Waals surface area contributed by atoms with Crippen LogP contribution in [0.5, 0.6) is 0 Å². The van der Waals surface area contributed by atoms with E-state index in [9.17, 15) is 4.39 Å². The molecule has 15 heavy (non-hydrogen) atoms. The molecule has 0 spiro atoms. The van der Waals surface area contributed by atoms with Crippen molar-refractivity contribution in [3.8, 4) is 0 Å². The molecule has 0 radical (unpaired) electrons.